The van der Waals surface area contributed by atoms with E-state index in [9.17, 15) is 43.7 Å². The van der Waals surface area contributed by atoms with Crippen molar-refractivity contribution >= 4 is 11.0 Å². The highest BCUT2D eigenvalue weighted by atomic mass is 32.2. The lowest BCUT2D eigenvalue weighted by atomic mass is 10.1. The zero-order valence-corrected chi connectivity index (χ0v) is 12.1. The molecule has 0 aromatic heterocycles. The van der Waals surface area contributed by atoms with E-state index >= 15 is 0 Å². The van der Waals surface area contributed by atoms with E-state index in [4.69, 9.17) is 0 Å². The highest BCUT2D eigenvalue weighted by Gasteiger charge is 2.83. The number of nitrogens with zero attached hydrogens (tertiary/aromatic N) is 1. The van der Waals surface area contributed by atoms with Crippen LogP contribution in [-0.4, -0.2) is 59.6 Å². The minimum Gasteiger partial charge on any atom is -0.309 e. The molecule has 0 radical (unpaired) electrons. The molecule has 0 aromatic rings. The van der Waals surface area contributed by atoms with Crippen LogP contribution >= 0.6 is 0 Å². The Kier molecular flexibility index (Phi) is 6.73. The molecule has 0 amide bonds. The van der Waals surface area contributed by atoms with Crippen LogP contribution in [0.4, 0.5) is 39.5 Å². The Morgan fingerprint density at radius 3 is 1.73 bits per heavy atom. The van der Waals surface area contributed by atoms with Crippen molar-refractivity contribution in [1.29, 1.82) is 0 Å². The Balaban J connectivity index is 5.08. The maximum absolute atomic E-state index is 13.1. The topological polar surface area (TPSA) is 32.3 Å². The van der Waals surface area contributed by atoms with Crippen molar-refractivity contribution in [2.45, 2.75) is 29.7 Å². The van der Waals surface area contributed by atoms with Gasteiger partial charge in [0.05, 0.1) is 0 Å². The fourth-order valence-electron chi connectivity index (χ4n) is 1.13. The summed E-state index contributed by atoms with van der Waals surface area (Å²) in [6.07, 6.45) is -6.90. The zero-order chi connectivity index (χ0) is 18.0. The Morgan fingerprint density at radius 2 is 1.36 bits per heavy atom. The van der Waals surface area contributed by atoms with E-state index in [2.05, 4.69) is 0 Å². The van der Waals surface area contributed by atoms with E-state index in [0.717, 1.165) is 0 Å². The van der Waals surface area contributed by atoms with Gasteiger partial charge in [-0.2, -0.15) is 39.5 Å². The SMILES string of the molecule is CN(C)CCCNS(=O)C(F)(F)C(F)(F)C(F)(F)C(F)(F)F. The van der Waals surface area contributed by atoms with Crippen LogP contribution in [0.15, 0.2) is 0 Å². The number of rotatable bonds is 8. The second-order valence-corrected chi connectivity index (χ2v) is 5.82. The van der Waals surface area contributed by atoms with Gasteiger partial charge in [-0.1, -0.05) is 0 Å². The summed E-state index contributed by atoms with van der Waals surface area (Å²) in [7, 11) is -0.982. The first-order valence-corrected chi connectivity index (χ1v) is 6.74. The highest BCUT2D eigenvalue weighted by Crippen LogP contribution is 2.53. The molecule has 1 atom stereocenters. The molecular formula is C9H13F9N2OS. The maximum Gasteiger partial charge on any atom is 0.460 e. The van der Waals surface area contributed by atoms with Gasteiger partial charge in [0.25, 0.3) is 0 Å². The summed E-state index contributed by atoms with van der Waals surface area (Å²) >= 11 is 0. The number of alkyl halides is 9. The van der Waals surface area contributed by atoms with Crippen molar-refractivity contribution in [2.24, 2.45) is 0 Å². The molecule has 0 bridgehead atoms. The van der Waals surface area contributed by atoms with Gasteiger partial charge in [-0.25, -0.2) is 8.93 Å². The van der Waals surface area contributed by atoms with Gasteiger partial charge in [0, 0.05) is 6.54 Å². The number of hydrogen-bond acceptors (Lipinski definition) is 2. The van der Waals surface area contributed by atoms with Crippen LogP contribution < -0.4 is 4.72 Å². The zero-order valence-electron chi connectivity index (χ0n) is 11.3. The predicted octanol–water partition coefficient (Wildman–Crippen LogP) is 2.62. The van der Waals surface area contributed by atoms with Gasteiger partial charge in [0.2, 0.25) is 0 Å². The smallest absolute Gasteiger partial charge is 0.309 e. The maximum atomic E-state index is 13.1. The number of hydrogen-bond donors (Lipinski definition) is 1. The van der Waals surface area contributed by atoms with E-state index in [0.29, 0.717) is 0 Å². The van der Waals surface area contributed by atoms with Crippen LogP contribution in [0, 0.1) is 0 Å². The molecule has 13 heteroatoms. The third kappa shape index (κ3) is 4.25. The van der Waals surface area contributed by atoms with Gasteiger partial charge in [0.1, 0.15) is 0 Å². The second kappa shape index (κ2) is 6.91. The lowest BCUT2D eigenvalue weighted by Gasteiger charge is -2.32. The average molecular weight is 368 g/mol. The van der Waals surface area contributed by atoms with Crippen molar-refractivity contribution in [3.63, 3.8) is 0 Å². The third-order valence-electron chi connectivity index (χ3n) is 2.36. The van der Waals surface area contributed by atoms with Gasteiger partial charge in [-0.15, -0.1) is 0 Å². The lowest BCUT2D eigenvalue weighted by Crippen LogP contribution is -2.63. The van der Waals surface area contributed by atoms with E-state index in [1.165, 1.54) is 4.72 Å². The molecule has 0 heterocycles. The third-order valence-corrected chi connectivity index (χ3v) is 3.55. The summed E-state index contributed by atoms with van der Waals surface area (Å²) < 4.78 is 125. The van der Waals surface area contributed by atoms with Crippen LogP contribution in [0.5, 0.6) is 0 Å². The molecule has 1 unspecified atom stereocenters. The first-order valence-electron chi connectivity index (χ1n) is 5.59. The largest absolute Gasteiger partial charge is 0.460 e. The van der Waals surface area contributed by atoms with Crippen molar-refractivity contribution in [1.82, 2.24) is 9.62 Å². The first-order chi connectivity index (χ1) is 9.59. The monoisotopic (exact) mass is 368 g/mol. The highest BCUT2D eigenvalue weighted by molar-refractivity contribution is 7.84. The molecule has 0 aliphatic heterocycles. The average Bonchev–Trinajstić information content (AvgIpc) is 2.32. The molecule has 3 nitrogen and oxygen atoms in total. The van der Waals surface area contributed by atoms with E-state index in [1.807, 2.05) is 0 Å². The van der Waals surface area contributed by atoms with Crippen LogP contribution in [0.25, 0.3) is 0 Å². The Hall–Kier alpha value is -0.560. The molecule has 0 fully saturated rings. The molecule has 0 aliphatic rings. The minimum absolute atomic E-state index is 0.0239. The second-order valence-electron chi connectivity index (χ2n) is 4.48. The normalized spacial score (nSPS) is 16.2. The van der Waals surface area contributed by atoms with E-state index in [1.54, 1.807) is 19.0 Å². The van der Waals surface area contributed by atoms with E-state index < -0.39 is 40.8 Å². The minimum atomic E-state index is -7.04. The Bertz CT molecular complexity index is 397. The van der Waals surface area contributed by atoms with Gasteiger partial charge in [-0.3, -0.25) is 0 Å². The molecule has 0 rings (SSSR count). The molecule has 22 heavy (non-hydrogen) atoms. The summed E-state index contributed by atoms with van der Waals surface area (Å²) in [5.74, 6) is -13.9. The molecule has 134 valence electrons. The predicted molar refractivity (Wildman–Crippen MR) is 60.2 cm³/mol. The van der Waals surface area contributed by atoms with Gasteiger partial charge in [0.15, 0.2) is 11.0 Å². The lowest BCUT2D eigenvalue weighted by molar-refractivity contribution is -0.381. The van der Waals surface area contributed by atoms with Crippen molar-refractivity contribution in [3.8, 4) is 0 Å². The van der Waals surface area contributed by atoms with Crippen molar-refractivity contribution < 1.29 is 43.7 Å². The summed E-state index contributed by atoms with van der Waals surface area (Å²) in [6.45, 7) is -0.293. The fraction of sp³-hybridized carbons (Fsp3) is 1.00. The number of nitrogens with one attached hydrogen (secondary N) is 1. The van der Waals surface area contributed by atoms with Gasteiger partial charge in [-0.05, 0) is 27.1 Å². The van der Waals surface area contributed by atoms with Gasteiger partial charge < -0.3 is 4.90 Å². The van der Waals surface area contributed by atoms with Gasteiger partial charge >= 0.3 is 23.3 Å². The molecular weight excluding hydrogens is 355 g/mol. The summed E-state index contributed by atoms with van der Waals surface area (Å²) in [5.41, 5.74) is 0. The summed E-state index contributed by atoms with van der Waals surface area (Å²) in [6, 6.07) is 0. The first kappa shape index (κ1) is 21.4. The molecule has 0 saturated heterocycles. The van der Waals surface area contributed by atoms with Crippen LogP contribution in [0.3, 0.4) is 0 Å². The van der Waals surface area contributed by atoms with Crippen LogP contribution in [0.1, 0.15) is 6.42 Å². The van der Waals surface area contributed by atoms with Crippen molar-refractivity contribution in [3.05, 3.63) is 0 Å². The Morgan fingerprint density at radius 1 is 0.909 bits per heavy atom. The van der Waals surface area contributed by atoms with Crippen molar-refractivity contribution in [2.75, 3.05) is 27.2 Å². The van der Waals surface area contributed by atoms with E-state index in [-0.39, 0.29) is 13.0 Å². The molecule has 1 N–H and O–H groups in total. The fourth-order valence-corrected chi connectivity index (χ4v) is 2.00. The summed E-state index contributed by atoms with van der Waals surface area (Å²) in [5, 5.41) is -6.12. The molecule has 0 aliphatic carbocycles. The van der Waals surface area contributed by atoms with Crippen LogP contribution in [-0.2, 0) is 11.0 Å². The Labute approximate surface area is 122 Å². The molecule has 0 aromatic carbocycles. The molecule has 0 saturated carbocycles. The summed E-state index contributed by atoms with van der Waals surface area (Å²) in [4.78, 5) is 1.55. The number of halogens is 9. The quantitative estimate of drug-likeness (QED) is 0.528. The standard InChI is InChI=1S/C9H13F9N2OS/c1-20(2)5-3-4-19-22(21)9(17,18)7(12,13)6(10,11)8(14,15)16/h19H,3-5H2,1-2H3. The molecule has 0 spiro atoms. The van der Waals surface area contributed by atoms with Crippen LogP contribution in [0.2, 0.25) is 0 Å².